The second-order valence-electron chi connectivity index (χ2n) is 16.2. The summed E-state index contributed by atoms with van der Waals surface area (Å²) in [5, 5.41) is 21.0. The van der Waals surface area contributed by atoms with Crippen LogP contribution < -0.4 is 16.0 Å². The van der Waals surface area contributed by atoms with Crippen molar-refractivity contribution < 1.29 is 4.42 Å². The molecular formula is C55H39N5O. The lowest BCUT2D eigenvalue weighted by molar-refractivity contribution is 0.204. The van der Waals surface area contributed by atoms with Crippen molar-refractivity contribution in [1.82, 2.24) is 25.1 Å². The van der Waals surface area contributed by atoms with Crippen molar-refractivity contribution in [2.24, 2.45) is 0 Å². The van der Waals surface area contributed by atoms with Gasteiger partial charge in [0.05, 0.1) is 51.6 Å². The molecule has 4 heterocycles. The molecule has 1 fully saturated rings. The van der Waals surface area contributed by atoms with Gasteiger partial charge >= 0.3 is 0 Å². The van der Waals surface area contributed by atoms with Gasteiger partial charge in [0.1, 0.15) is 11.2 Å². The van der Waals surface area contributed by atoms with Crippen molar-refractivity contribution in [3.8, 4) is 11.4 Å². The molecule has 0 aliphatic carbocycles. The summed E-state index contributed by atoms with van der Waals surface area (Å²) in [5.41, 5.74) is 12.3. The normalized spacial score (nSPS) is 17.1. The molecule has 0 bridgehead atoms. The number of furan rings is 1. The first-order chi connectivity index (χ1) is 30.3. The second kappa shape index (κ2) is 13.5. The minimum absolute atomic E-state index is 0.0620. The average molecular weight is 786 g/mol. The Morgan fingerprint density at radius 3 is 1.69 bits per heavy atom. The summed E-state index contributed by atoms with van der Waals surface area (Å²) in [5.74, 6) is 0. The molecule has 3 aromatic heterocycles. The van der Waals surface area contributed by atoms with Crippen LogP contribution in [0.4, 0.5) is 0 Å². The summed E-state index contributed by atoms with van der Waals surface area (Å²) in [6.45, 7) is 0. The summed E-state index contributed by atoms with van der Waals surface area (Å²) in [4.78, 5) is 0. The van der Waals surface area contributed by atoms with Gasteiger partial charge in [0.25, 0.3) is 0 Å². The minimum atomic E-state index is -0.134. The molecule has 0 amide bonds. The van der Waals surface area contributed by atoms with E-state index in [1.807, 2.05) is 6.07 Å². The molecule has 6 heteroatoms. The molecule has 2 unspecified atom stereocenters. The standard InChI is InChI=1S/C55H39N5O/c1-4-16-34(17-5-1)53-56-54(35-18-6-2-7-19-35)58-55(57-53)41-26-14-25-38-37(41)24-15-28-44(38)60-45-27-12-10-23-42(45)49-46(60)33-31-43-50-47(59(51(43)49)36-20-8-3-9-21-36)32-30-40-39-22-11-13-29-48(39)61-52(40)50/h1-33,53-58H. The van der Waals surface area contributed by atoms with Crippen LogP contribution in [-0.2, 0) is 0 Å². The molecule has 0 spiro atoms. The molecule has 1 aliphatic rings. The number of nitrogens with one attached hydrogen (secondary N) is 3. The molecule has 1 aliphatic heterocycles. The van der Waals surface area contributed by atoms with E-state index in [2.05, 4.69) is 219 Å². The summed E-state index contributed by atoms with van der Waals surface area (Å²) < 4.78 is 11.7. The van der Waals surface area contributed by atoms with Gasteiger partial charge in [-0.2, -0.15) is 0 Å². The van der Waals surface area contributed by atoms with Gasteiger partial charge in [-0.1, -0.05) is 146 Å². The van der Waals surface area contributed by atoms with Crippen molar-refractivity contribution in [2.75, 3.05) is 0 Å². The Morgan fingerprint density at radius 2 is 0.934 bits per heavy atom. The lowest BCUT2D eigenvalue weighted by Crippen LogP contribution is -2.54. The molecule has 3 N–H and O–H groups in total. The minimum Gasteiger partial charge on any atom is -0.455 e. The van der Waals surface area contributed by atoms with Crippen molar-refractivity contribution in [3.63, 3.8) is 0 Å². The first-order valence-electron chi connectivity index (χ1n) is 21.0. The fourth-order valence-corrected chi connectivity index (χ4v) is 10.2. The third-order valence-electron chi connectivity index (χ3n) is 12.8. The third-order valence-corrected chi connectivity index (χ3v) is 12.8. The Kier molecular flexibility index (Phi) is 7.63. The van der Waals surface area contributed by atoms with E-state index in [9.17, 15) is 0 Å². The van der Waals surface area contributed by atoms with Crippen LogP contribution in [0.3, 0.4) is 0 Å². The van der Waals surface area contributed by atoms with Gasteiger partial charge < -0.3 is 13.6 Å². The van der Waals surface area contributed by atoms with Gasteiger partial charge in [0.15, 0.2) is 0 Å². The zero-order valence-corrected chi connectivity index (χ0v) is 33.1. The molecule has 0 saturated carbocycles. The Labute approximate surface area is 351 Å². The topological polar surface area (TPSA) is 59.1 Å². The lowest BCUT2D eigenvalue weighted by atomic mass is 9.98. The van der Waals surface area contributed by atoms with E-state index in [0.717, 1.165) is 55.2 Å². The number of aromatic nitrogens is 2. The largest absolute Gasteiger partial charge is 0.455 e. The summed E-state index contributed by atoms with van der Waals surface area (Å²) in [6.07, 6.45) is -0.258. The Hall–Kier alpha value is -7.48. The molecule has 13 rings (SSSR count). The number of benzene rings is 9. The van der Waals surface area contributed by atoms with Crippen LogP contribution in [0.2, 0.25) is 0 Å². The van der Waals surface area contributed by atoms with Crippen LogP contribution in [0.5, 0.6) is 0 Å². The van der Waals surface area contributed by atoms with Crippen LogP contribution in [-0.4, -0.2) is 9.13 Å². The molecule has 9 aromatic carbocycles. The predicted molar refractivity (Wildman–Crippen MR) is 250 cm³/mol. The molecule has 0 radical (unpaired) electrons. The molecule has 1 saturated heterocycles. The second-order valence-corrected chi connectivity index (χ2v) is 16.2. The van der Waals surface area contributed by atoms with Gasteiger partial charge in [0, 0.05) is 38.0 Å². The van der Waals surface area contributed by atoms with E-state index in [4.69, 9.17) is 4.42 Å². The van der Waals surface area contributed by atoms with Gasteiger partial charge in [-0.3, -0.25) is 16.0 Å². The number of nitrogens with zero attached hydrogens (tertiary/aromatic N) is 2. The third kappa shape index (κ3) is 5.20. The highest BCUT2D eigenvalue weighted by molar-refractivity contribution is 6.31. The number of hydrogen-bond donors (Lipinski definition) is 3. The van der Waals surface area contributed by atoms with Crippen LogP contribution >= 0.6 is 0 Å². The molecular weight excluding hydrogens is 747 g/mol. The molecule has 290 valence electrons. The van der Waals surface area contributed by atoms with Crippen LogP contribution in [0.1, 0.15) is 35.2 Å². The van der Waals surface area contributed by atoms with Gasteiger partial charge in [0.2, 0.25) is 0 Å². The fraction of sp³-hybridized carbons (Fsp3) is 0.0545. The molecule has 2 atom stereocenters. The van der Waals surface area contributed by atoms with E-state index in [-0.39, 0.29) is 18.5 Å². The highest BCUT2D eigenvalue weighted by Gasteiger charge is 2.31. The Balaban J connectivity index is 1.06. The average Bonchev–Trinajstić information content (AvgIpc) is 3.99. The van der Waals surface area contributed by atoms with Crippen molar-refractivity contribution >= 4 is 76.3 Å². The fourth-order valence-electron chi connectivity index (χ4n) is 10.2. The maximum absolute atomic E-state index is 6.74. The first kappa shape index (κ1) is 34.4. The van der Waals surface area contributed by atoms with E-state index in [1.54, 1.807) is 0 Å². The van der Waals surface area contributed by atoms with Crippen molar-refractivity contribution in [1.29, 1.82) is 0 Å². The summed E-state index contributed by atoms with van der Waals surface area (Å²) in [7, 11) is 0. The Morgan fingerprint density at radius 1 is 0.361 bits per heavy atom. The van der Waals surface area contributed by atoms with Crippen LogP contribution in [0.25, 0.3) is 87.7 Å². The quantitative estimate of drug-likeness (QED) is 0.163. The number of para-hydroxylation sites is 3. The lowest BCUT2D eigenvalue weighted by Gasteiger charge is -2.40. The van der Waals surface area contributed by atoms with Gasteiger partial charge in [-0.15, -0.1) is 0 Å². The van der Waals surface area contributed by atoms with Crippen LogP contribution in [0.15, 0.2) is 205 Å². The smallest absolute Gasteiger partial charge is 0.145 e. The van der Waals surface area contributed by atoms with E-state index < -0.39 is 0 Å². The van der Waals surface area contributed by atoms with Crippen molar-refractivity contribution in [3.05, 3.63) is 217 Å². The highest BCUT2D eigenvalue weighted by Crippen LogP contribution is 2.46. The maximum atomic E-state index is 6.74. The van der Waals surface area contributed by atoms with Gasteiger partial charge in [-0.25, -0.2) is 0 Å². The zero-order valence-electron chi connectivity index (χ0n) is 33.1. The maximum Gasteiger partial charge on any atom is 0.145 e. The van der Waals surface area contributed by atoms with E-state index in [1.165, 1.54) is 49.1 Å². The summed E-state index contributed by atoms with van der Waals surface area (Å²) >= 11 is 0. The number of hydrogen-bond acceptors (Lipinski definition) is 4. The monoisotopic (exact) mass is 785 g/mol. The van der Waals surface area contributed by atoms with E-state index >= 15 is 0 Å². The highest BCUT2D eigenvalue weighted by atomic mass is 16.3. The number of fused-ring (bicyclic) bond motifs is 12. The first-order valence-corrected chi connectivity index (χ1v) is 21.0. The molecule has 6 nitrogen and oxygen atoms in total. The van der Waals surface area contributed by atoms with Gasteiger partial charge in [-0.05, 0) is 76.7 Å². The van der Waals surface area contributed by atoms with Crippen molar-refractivity contribution in [2.45, 2.75) is 18.5 Å². The van der Waals surface area contributed by atoms with Crippen LogP contribution in [0, 0.1) is 0 Å². The van der Waals surface area contributed by atoms with E-state index in [0.29, 0.717) is 0 Å². The summed E-state index contributed by atoms with van der Waals surface area (Å²) in [6, 6.07) is 71.9. The Bertz CT molecular complexity index is 3600. The zero-order chi connectivity index (χ0) is 40.0. The SMILES string of the molecule is c1ccc(C2NC(c3ccccc3)NC(c3cccc4c(-n5c6ccccc6c6c5ccc5c7c8oc9ccccc9c8ccc7n(-c7ccccc7)c56)cccc34)N2)cc1. The number of rotatable bonds is 5. The molecule has 12 aromatic rings. The molecule has 61 heavy (non-hydrogen) atoms. The predicted octanol–water partition coefficient (Wildman–Crippen LogP) is 13.1.